The summed E-state index contributed by atoms with van der Waals surface area (Å²) in [5.74, 6) is 6.95. The van der Waals surface area contributed by atoms with Gasteiger partial charge in [-0.15, -0.1) is 11.3 Å². The summed E-state index contributed by atoms with van der Waals surface area (Å²) in [5.41, 5.74) is 3.86. The molecule has 21 heavy (non-hydrogen) atoms. The summed E-state index contributed by atoms with van der Waals surface area (Å²) in [6, 6.07) is 0. The summed E-state index contributed by atoms with van der Waals surface area (Å²) < 4.78 is 11.2. The van der Waals surface area contributed by atoms with Crippen LogP contribution < -0.4 is 11.3 Å². The molecule has 0 amide bonds. The predicted molar refractivity (Wildman–Crippen MR) is 83.3 cm³/mol. The average Bonchev–Trinajstić information content (AvgIpc) is 2.80. The zero-order valence-corrected chi connectivity index (χ0v) is 13.1. The summed E-state index contributed by atoms with van der Waals surface area (Å²) in [5, 5.41) is 1.01. The highest BCUT2D eigenvalue weighted by atomic mass is 32.1. The Balaban J connectivity index is 1.82. The van der Waals surface area contributed by atoms with Gasteiger partial charge >= 0.3 is 0 Å². The van der Waals surface area contributed by atoms with Gasteiger partial charge in [-0.25, -0.2) is 15.8 Å². The summed E-state index contributed by atoms with van der Waals surface area (Å²) >= 11 is 1.66. The second-order valence-corrected chi connectivity index (χ2v) is 6.42. The van der Waals surface area contributed by atoms with E-state index in [9.17, 15) is 0 Å². The van der Waals surface area contributed by atoms with Crippen LogP contribution in [0.15, 0.2) is 0 Å². The maximum absolute atomic E-state index is 5.89. The summed E-state index contributed by atoms with van der Waals surface area (Å²) in [4.78, 5) is 11.3. The highest BCUT2D eigenvalue weighted by Crippen LogP contribution is 2.33. The standard InChI is InChI=1S/C14H20N4O2S/c1-8-9(2)21-14-12(8)13(18-15)16-11(17-14)7-20-10-3-5-19-6-4-10/h10H,3-7,15H2,1-2H3,(H,16,17,18). The van der Waals surface area contributed by atoms with E-state index in [4.69, 9.17) is 15.3 Å². The van der Waals surface area contributed by atoms with E-state index in [0.717, 1.165) is 36.3 Å². The first kappa shape index (κ1) is 14.6. The molecule has 0 radical (unpaired) electrons. The molecule has 0 aromatic carbocycles. The van der Waals surface area contributed by atoms with Gasteiger partial charge in [-0.2, -0.15) is 0 Å². The highest BCUT2D eigenvalue weighted by Gasteiger charge is 2.17. The lowest BCUT2D eigenvalue weighted by molar-refractivity contribution is -0.0408. The number of aromatic nitrogens is 2. The number of hydrogen-bond acceptors (Lipinski definition) is 7. The van der Waals surface area contributed by atoms with Crippen LogP contribution in [0.5, 0.6) is 0 Å². The number of thiophene rings is 1. The van der Waals surface area contributed by atoms with Crippen LogP contribution >= 0.6 is 11.3 Å². The zero-order valence-electron chi connectivity index (χ0n) is 12.3. The number of aryl methyl sites for hydroxylation is 2. The van der Waals surface area contributed by atoms with Crippen LogP contribution in [0, 0.1) is 13.8 Å². The van der Waals surface area contributed by atoms with Crippen molar-refractivity contribution in [1.82, 2.24) is 9.97 Å². The van der Waals surface area contributed by atoms with Crippen molar-refractivity contribution < 1.29 is 9.47 Å². The van der Waals surface area contributed by atoms with E-state index < -0.39 is 0 Å². The summed E-state index contributed by atoms with van der Waals surface area (Å²) in [6.45, 7) is 6.09. The van der Waals surface area contributed by atoms with Crippen molar-refractivity contribution in [3.05, 3.63) is 16.3 Å². The largest absolute Gasteiger partial charge is 0.381 e. The Morgan fingerprint density at radius 1 is 1.33 bits per heavy atom. The molecule has 3 N–H and O–H groups in total. The molecule has 1 aliphatic rings. The minimum atomic E-state index is 0.235. The summed E-state index contributed by atoms with van der Waals surface area (Å²) in [7, 11) is 0. The van der Waals surface area contributed by atoms with Crippen molar-refractivity contribution >= 4 is 27.4 Å². The van der Waals surface area contributed by atoms with Gasteiger partial charge in [0.25, 0.3) is 0 Å². The monoisotopic (exact) mass is 308 g/mol. The van der Waals surface area contributed by atoms with Gasteiger partial charge in [0, 0.05) is 18.1 Å². The van der Waals surface area contributed by atoms with Crippen LogP contribution in [0.25, 0.3) is 10.2 Å². The van der Waals surface area contributed by atoms with E-state index >= 15 is 0 Å². The van der Waals surface area contributed by atoms with Crippen LogP contribution in [0.3, 0.4) is 0 Å². The second-order valence-electron chi connectivity index (χ2n) is 5.22. The Hall–Kier alpha value is -1.28. The van der Waals surface area contributed by atoms with Crippen LogP contribution in [0.4, 0.5) is 5.82 Å². The second kappa shape index (κ2) is 6.23. The Morgan fingerprint density at radius 2 is 2.10 bits per heavy atom. The lowest BCUT2D eigenvalue weighted by Crippen LogP contribution is -2.23. The third-order valence-corrected chi connectivity index (χ3v) is 4.93. The molecule has 0 aliphatic carbocycles. The van der Waals surface area contributed by atoms with E-state index in [1.165, 1.54) is 10.4 Å². The SMILES string of the molecule is Cc1sc2nc(COC3CCOCC3)nc(NN)c2c1C. The van der Waals surface area contributed by atoms with Gasteiger partial charge in [-0.05, 0) is 32.3 Å². The van der Waals surface area contributed by atoms with Crippen molar-refractivity contribution in [3.63, 3.8) is 0 Å². The van der Waals surface area contributed by atoms with E-state index in [-0.39, 0.29) is 6.10 Å². The Labute approximate surface area is 127 Å². The number of nitrogens with zero attached hydrogens (tertiary/aromatic N) is 2. The molecule has 1 fully saturated rings. The minimum Gasteiger partial charge on any atom is -0.381 e. The molecular weight excluding hydrogens is 288 g/mol. The molecule has 1 aliphatic heterocycles. The van der Waals surface area contributed by atoms with Crippen LogP contribution in [0.2, 0.25) is 0 Å². The maximum Gasteiger partial charge on any atom is 0.158 e. The lowest BCUT2D eigenvalue weighted by Gasteiger charge is -2.22. The van der Waals surface area contributed by atoms with Gasteiger partial charge in [0.2, 0.25) is 0 Å². The fourth-order valence-electron chi connectivity index (χ4n) is 2.50. The molecule has 1 saturated heterocycles. The van der Waals surface area contributed by atoms with Gasteiger partial charge in [0.1, 0.15) is 11.4 Å². The zero-order chi connectivity index (χ0) is 14.8. The van der Waals surface area contributed by atoms with Gasteiger partial charge in [-0.1, -0.05) is 0 Å². The third-order valence-electron chi connectivity index (χ3n) is 3.83. The van der Waals surface area contributed by atoms with Crippen LogP contribution in [0.1, 0.15) is 29.1 Å². The minimum absolute atomic E-state index is 0.235. The number of hydrazine groups is 1. The van der Waals surface area contributed by atoms with Crippen molar-refractivity contribution in [2.24, 2.45) is 5.84 Å². The molecule has 2 aromatic rings. The summed E-state index contributed by atoms with van der Waals surface area (Å²) in [6.07, 6.45) is 2.10. The van der Waals surface area contributed by atoms with Crippen molar-refractivity contribution in [1.29, 1.82) is 0 Å². The van der Waals surface area contributed by atoms with Gasteiger partial charge in [0.15, 0.2) is 11.6 Å². The van der Waals surface area contributed by atoms with Crippen molar-refractivity contribution in [2.45, 2.75) is 39.4 Å². The molecule has 3 rings (SSSR count). The van der Waals surface area contributed by atoms with Gasteiger partial charge in [-0.3, -0.25) is 0 Å². The number of anilines is 1. The molecule has 0 atom stereocenters. The number of fused-ring (bicyclic) bond motifs is 1. The number of ether oxygens (including phenoxy) is 2. The fraction of sp³-hybridized carbons (Fsp3) is 0.571. The first-order chi connectivity index (χ1) is 10.2. The lowest BCUT2D eigenvalue weighted by atomic mass is 10.1. The average molecular weight is 308 g/mol. The van der Waals surface area contributed by atoms with E-state index in [0.29, 0.717) is 18.2 Å². The number of nitrogens with one attached hydrogen (secondary N) is 1. The number of nitrogens with two attached hydrogens (primary N) is 1. The van der Waals surface area contributed by atoms with Gasteiger partial charge in [0.05, 0.1) is 11.5 Å². The fourth-order valence-corrected chi connectivity index (χ4v) is 3.55. The van der Waals surface area contributed by atoms with Gasteiger partial charge < -0.3 is 14.9 Å². The molecule has 0 saturated carbocycles. The molecule has 6 nitrogen and oxygen atoms in total. The Morgan fingerprint density at radius 3 is 2.81 bits per heavy atom. The van der Waals surface area contributed by atoms with Crippen molar-refractivity contribution in [2.75, 3.05) is 18.6 Å². The topological polar surface area (TPSA) is 82.3 Å². The normalized spacial score (nSPS) is 16.5. The Bertz CT molecular complexity index is 637. The highest BCUT2D eigenvalue weighted by molar-refractivity contribution is 7.18. The smallest absolute Gasteiger partial charge is 0.158 e. The molecule has 0 spiro atoms. The van der Waals surface area contributed by atoms with E-state index in [2.05, 4.69) is 29.2 Å². The number of hydrogen-bond donors (Lipinski definition) is 2. The number of rotatable bonds is 4. The number of nitrogen functional groups attached to an aromatic ring is 1. The van der Waals surface area contributed by atoms with E-state index in [1.807, 2.05) is 0 Å². The molecule has 114 valence electrons. The first-order valence-corrected chi connectivity index (χ1v) is 7.93. The maximum atomic E-state index is 5.89. The Kier molecular flexibility index (Phi) is 4.34. The van der Waals surface area contributed by atoms with E-state index in [1.54, 1.807) is 11.3 Å². The molecule has 3 heterocycles. The quantitative estimate of drug-likeness (QED) is 0.666. The van der Waals surface area contributed by atoms with Crippen LogP contribution in [-0.4, -0.2) is 29.3 Å². The van der Waals surface area contributed by atoms with Crippen molar-refractivity contribution in [3.8, 4) is 0 Å². The molecule has 0 unspecified atom stereocenters. The molecule has 0 bridgehead atoms. The van der Waals surface area contributed by atoms with Crippen LogP contribution in [-0.2, 0) is 16.1 Å². The molecular formula is C14H20N4O2S. The third kappa shape index (κ3) is 3.01. The first-order valence-electron chi connectivity index (χ1n) is 7.11. The molecule has 2 aromatic heterocycles. The predicted octanol–water partition coefficient (Wildman–Crippen LogP) is 2.29. The molecule has 7 heteroatoms.